The fourth-order valence-corrected chi connectivity index (χ4v) is 7.72. The number of carbonyl (C=O) groups excluding carboxylic acids is 1. The molecule has 14 heteroatoms. The number of fused-ring (bicyclic) bond motifs is 2. The average molecular weight is 679 g/mol. The second-order valence-electron chi connectivity index (χ2n) is 12.9. The van der Waals surface area contributed by atoms with Gasteiger partial charge in [0.2, 0.25) is 0 Å². The van der Waals surface area contributed by atoms with Gasteiger partial charge in [-0.15, -0.1) is 0 Å². The topological polar surface area (TPSA) is 153 Å². The van der Waals surface area contributed by atoms with Crippen LogP contribution in [0.4, 0.5) is 20.2 Å². The molecule has 0 saturated carbocycles. The number of hydrogen-bond acceptors (Lipinski definition) is 8. The first-order valence-electron chi connectivity index (χ1n) is 14.7. The molecule has 2 aromatic rings. The summed E-state index contributed by atoms with van der Waals surface area (Å²) in [6.45, 7) is 7.63. The normalized spacial score (nSPS) is 22.1. The third kappa shape index (κ3) is 6.23. The molecule has 0 bridgehead atoms. The van der Waals surface area contributed by atoms with Crippen LogP contribution in [0.15, 0.2) is 71.2 Å². The minimum Gasteiger partial charge on any atom is -0.506 e. The van der Waals surface area contributed by atoms with E-state index in [1.165, 1.54) is 30.3 Å². The Bertz CT molecular complexity index is 1930. The molecule has 0 radical (unpaired) electrons. The van der Waals surface area contributed by atoms with Gasteiger partial charge in [-0.2, -0.15) is 16.8 Å². The zero-order valence-electron chi connectivity index (χ0n) is 25.8. The first kappa shape index (κ1) is 33.8. The van der Waals surface area contributed by atoms with Crippen molar-refractivity contribution in [2.75, 3.05) is 34.4 Å². The van der Waals surface area contributed by atoms with Gasteiger partial charge in [0.15, 0.2) is 5.78 Å². The molecule has 2 aliphatic heterocycles. The Hall–Kier alpha value is -3.59. The number of benzene rings is 2. The number of halogens is 2. The number of aliphatic hydroxyl groups is 1. The van der Waals surface area contributed by atoms with Crippen molar-refractivity contribution in [1.29, 1.82) is 0 Å². The number of hydrogen-bond donors (Lipinski definition) is 3. The summed E-state index contributed by atoms with van der Waals surface area (Å²) in [5, 5.41) is 11.2. The lowest BCUT2D eigenvalue weighted by Gasteiger charge is -2.34. The zero-order valence-corrected chi connectivity index (χ0v) is 27.4. The van der Waals surface area contributed by atoms with E-state index in [0.29, 0.717) is 28.2 Å². The second-order valence-corrected chi connectivity index (χ2v) is 16.1. The van der Waals surface area contributed by atoms with Crippen LogP contribution >= 0.6 is 0 Å². The maximum Gasteiger partial charge on any atom is 0.264 e. The summed E-state index contributed by atoms with van der Waals surface area (Å²) in [6.07, 6.45) is 3.19. The second kappa shape index (κ2) is 11.6. The molecule has 3 N–H and O–H groups in total. The van der Waals surface area contributed by atoms with Gasteiger partial charge in [0.05, 0.1) is 28.7 Å². The summed E-state index contributed by atoms with van der Waals surface area (Å²) in [4.78, 5) is 17.2. The molecule has 248 valence electrons. The Morgan fingerprint density at radius 3 is 1.96 bits per heavy atom. The number of allylic oxidation sites excluding steroid dienone is 4. The van der Waals surface area contributed by atoms with Crippen LogP contribution in [-0.4, -0.2) is 67.5 Å². The summed E-state index contributed by atoms with van der Waals surface area (Å²) < 4.78 is 92.6. The fourth-order valence-electron chi connectivity index (χ4n) is 6.73. The van der Waals surface area contributed by atoms with Crippen molar-refractivity contribution in [3.8, 4) is 0 Å². The zero-order chi connectivity index (χ0) is 34.0. The molecule has 0 fully saturated rings. The van der Waals surface area contributed by atoms with Gasteiger partial charge in [-0.05, 0) is 72.5 Å². The Kier molecular flexibility index (Phi) is 8.50. The van der Waals surface area contributed by atoms with Crippen LogP contribution in [0.5, 0.6) is 0 Å². The van der Waals surface area contributed by atoms with Crippen LogP contribution in [-0.2, 0) is 35.9 Å². The molecule has 1 unspecified atom stereocenters. The SMILES string of the molecule is CC1(C)/C(=C\C2=C(O)C(=CC3N(CCCS(=O)(=O)O)c4ccc(F)cc4C3(C)C)C2=O)N(CCCS(=O)(=O)O)c2ccc(F)cc21. The maximum absolute atomic E-state index is 14.3. The first-order chi connectivity index (χ1) is 21.2. The van der Waals surface area contributed by atoms with Crippen LogP contribution in [0.2, 0.25) is 0 Å². The molecule has 10 nitrogen and oxygen atoms in total. The van der Waals surface area contributed by atoms with Gasteiger partial charge >= 0.3 is 0 Å². The molecule has 1 aliphatic carbocycles. The van der Waals surface area contributed by atoms with Crippen LogP contribution in [0.25, 0.3) is 0 Å². The van der Waals surface area contributed by atoms with Crippen LogP contribution in [0.3, 0.4) is 0 Å². The third-order valence-corrected chi connectivity index (χ3v) is 10.7. The number of carbonyl (C=O) groups is 1. The number of ketones is 1. The molecule has 0 spiro atoms. The molecule has 0 aromatic heterocycles. The highest BCUT2D eigenvalue weighted by molar-refractivity contribution is 7.86. The van der Waals surface area contributed by atoms with Gasteiger partial charge in [-0.3, -0.25) is 13.9 Å². The highest BCUT2D eigenvalue weighted by Gasteiger charge is 2.47. The van der Waals surface area contributed by atoms with E-state index < -0.39 is 66.0 Å². The van der Waals surface area contributed by atoms with Gasteiger partial charge < -0.3 is 14.9 Å². The highest BCUT2D eigenvalue weighted by atomic mass is 32.2. The van der Waals surface area contributed by atoms with E-state index in [9.17, 15) is 44.6 Å². The van der Waals surface area contributed by atoms with E-state index in [-0.39, 0.29) is 42.8 Å². The summed E-state index contributed by atoms with van der Waals surface area (Å²) in [5.41, 5.74) is 1.42. The molecule has 2 heterocycles. The molecule has 3 aliphatic rings. The van der Waals surface area contributed by atoms with Crippen molar-refractivity contribution in [3.63, 3.8) is 0 Å². The molecule has 5 rings (SSSR count). The lowest BCUT2D eigenvalue weighted by Crippen LogP contribution is -2.42. The quantitative estimate of drug-likeness (QED) is 0.232. The van der Waals surface area contributed by atoms with Crippen LogP contribution in [0, 0.1) is 11.6 Å². The van der Waals surface area contributed by atoms with Gasteiger partial charge in [-0.25, -0.2) is 8.78 Å². The highest BCUT2D eigenvalue weighted by Crippen LogP contribution is 2.50. The molecule has 0 amide bonds. The minimum atomic E-state index is -4.23. The monoisotopic (exact) mass is 678 g/mol. The molecular formula is C32H36F2N2O8S2. The first-order valence-corrected chi connectivity index (χ1v) is 17.9. The predicted molar refractivity (Wildman–Crippen MR) is 170 cm³/mol. The van der Waals surface area contributed by atoms with Crippen LogP contribution in [0.1, 0.15) is 51.7 Å². The molecule has 0 saturated heterocycles. The summed E-state index contributed by atoms with van der Waals surface area (Å²) in [7, 11) is -8.46. The summed E-state index contributed by atoms with van der Waals surface area (Å²) in [6, 6.07) is 7.85. The number of rotatable bonds is 10. The Balaban J connectivity index is 1.52. The van der Waals surface area contributed by atoms with E-state index in [1.807, 2.05) is 32.6 Å². The van der Waals surface area contributed by atoms with E-state index >= 15 is 0 Å². The molecule has 2 aromatic carbocycles. The van der Waals surface area contributed by atoms with Crippen molar-refractivity contribution in [3.05, 3.63) is 93.9 Å². The van der Waals surface area contributed by atoms with Crippen molar-refractivity contribution in [1.82, 2.24) is 0 Å². The van der Waals surface area contributed by atoms with Gasteiger partial charge in [0.25, 0.3) is 20.2 Å². The lowest BCUT2D eigenvalue weighted by molar-refractivity contribution is -0.113. The lowest BCUT2D eigenvalue weighted by atomic mass is 9.76. The maximum atomic E-state index is 14.3. The van der Waals surface area contributed by atoms with Crippen LogP contribution < -0.4 is 9.80 Å². The van der Waals surface area contributed by atoms with E-state index in [1.54, 1.807) is 23.1 Å². The Morgan fingerprint density at radius 2 is 1.39 bits per heavy atom. The van der Waals surface area contributed by atoms with Gasteiger partial charge in [0, 0.05) is 41.0 Å². The van der Waals surface area contributed by atoms with Crippen molar-refractivity contribution < 1.29 is 44.6 Å². The summed E-state index contributed by atoms with van der Waals surface area (Å²) in [5.74, 6) is -2.69. The van der Waals surface area contributed by atoms with Crippen molar-refractivity contribution in [2.24, 2.45) is 0 Å². The predicted octanol–water partition coefficient (Wildman–Crippen LogP) is 4.99. The standard InChI is InChI=1S/C32H36F2N2O8S2/c1-31(2)23-15-19(33)7-9-25(23)35(11-5-13-45(39,40)41)27(31)17-21-29(37)22(30(21)38)18-28-32(3,4)24-16-20(34)8-10-26(24)36(28)12-6-14-46(42,43)44/h7-10,15-18,27,37H,5-6,11-14H2,1-4H3,(H,39,40,41)(H,42,43,44)/b21-17?,28-18+. The fraction of sp³-hybridized carbons (Fsp3) is 0.406. The number of nitrogens with zero attached hydrogens (tertiary/aromatic N) is 2. The Labute approximate surface area is 267 Å². The molecular weight excluding hydrogens is 642 g/mol. The molecule has 1 atom stereocenters. The minimum absolute atomic E-state index is 0.000307. The number of anilines is 2. The van der Waals surface area contributed by atoms with E-state index in [2.05, 4.69) is 0 Å². The number of Topliss-reactive ketones (excluding diaryl/α,β-unsaturated/α-hetero) is 1. The summed E-state index contributed by atoms with van der Waals surface area (Å²) >= 11 is 0. The number of aliphatic hydroxyl groups excluding tert-OH is 1. The average Bonchev–Trinajstić information content (AvgIpc) is 3.26. The van der Waals surface area contributed by atoms with E-state index in [4.69, 9.17) is 0 Å². The van der Waals surface area contributed by atoms with Gasteiger partial charge in [-0.1, -0.05) is 27.7 Å². The van der Waals surface area contributed by atoms with E-state index in [0.717, 1.165) is 0 Å². The van der Waals surface area contributed by atoms with Crippen molar-refractivity contribution in [2.45, 2.75) is 57.4 Å². The third-order valence-electron chi connectivity index (χ3n) is 9.08. The van der Waals surface area contributed by atoms with Crippen molar-refractivity contribution >= 4 is 37.4 Å². The largest absolute Gasteiger partial charge is 0.506 e. The van der Waals surface area contributed by atoms with Gasteiger partial charge in [0.1, 0.15) is 17.4 Å². The molecule has 46 heavy (non-hydrogen) atoms. The Morgan fingerprint density at radius 1 is 0.848 bits per heavy atom. The smallest absolute Gasteiger partial charge is 0.264 e.